The Balaban J connectivity index is 2.20. The van der Waals surface area contributed by atoms with E-state index in [1.807, 2.05) is 13.8 Å². The first-order valence-electron chi connectivity index (χ1n) is 7.82. The van der Waals surface area contributed by atoms with E-state index in [1.165, 1.54) is 12.1 Å². The number of carboxylic acid groups (broad SMARTS) is 1. The van der Waals surface area contributed by atoms with Gasteiger partial charge >= 0.3 is 5.97 Å². The Hall–Kier alpha value is -3.16. The minimum Gasteiger partial charge on any atom is -0.482 e. The number of rotatable bonds is 7. The molecule has 25 heavy (non-hydrogen) atoms. The third-order valence-electron chi connectivity index (χ3n) is 3.56. The minimum absolute atomic E-state index is 0.0561. The average molecular weight is 345 g/mol. The van der Waals surface area contributed by atoms with Crippen LogP contribution in [0.2, 0.25) is 0 Å². The number of H-pyrrole nitrogens is 1. The highest BCUT2D eigenvalue weighted by Crippen LogP contribution is 2.17. The molecule has 0 radical (unpaired) electrons. The predicted octanol–water partition coefficient (Wildman–Crippen LogP) is 1.61. The van der Waals surface area contributed by atoms with Gasteiger partial charge in [0.25, 0.3) is 11.5 Å². The normalized spacial score (nSPS) is 10.3. The molecule has 1 amide bonds. The molecule has 0 fully saturated rings. The van der Waals surface area contributed by atoms with Gasteiger partial charge < -0.3 is 15.2 Å². The molecular weight excluding hydrogens is 326 g/mol. The van der Waals surface area contributed by atoms with Gasteiger partial charge in [0.2, 0.25) is 0 Å². The number of ether oxygens (including phenoxy) is 1. The summed E-state index contributed by atoms with van der Waals surface area (Å²) >= 11 is 0. The summed E-state index contributed by atoms with van der Waals surface area (Å²) in [6.07, 6.45) is 1.13. The number of hydrogen-bond acceptors (Lipinski definition) is 5. The Kier molecular flexibility index (Phi) is 5.89. The molecule has 0 aliphatic heterocycles. The van der Waals surface area contributed by atoms with Crippen molar-refractivity contribution < 1.29 is 19.4 Å². The summed E-state index contributed by atoms with van der Waals surface area (Å²) in [5, 5.41) is 17.6. The van der Waals surface area contributed by atoms with Crippen molar-refractivity contribution in [3.8, 4) is 5.75 Å². The zero-order valence-electron chi connectivity index (χ0n) is 14.0. The lowest BCUT2D eigenvalue weighted by Crippen LogP contribution is -2.27. The fourth-order valence-electron chi connectivity index (χ4n) is 2.41. The second-order valence-corrected chi connectivity index (χ2v) is 5.22. The van der Waals surface area contributed by atoms with E-state index in [9.17, 15) is 14.4 Å². The number of nitrogens with one attached hydrogen (secondary N) is 2. The number of aryl methyl sites for hydroxylation is 1. The number of carbonyl (C=O) groups excluding carboxylic acids is 1. The SMILES string of the molecule is CCc1n[nH]c(=O)c(C(=O)Nc2ccc(OCC(=O)O)cc2)c1CC. The van der Waals surface area contributed by atoms with E-state index in [0.29, 0.717) is 35.5 Å². The van der Waals surface area contributed by atoms with Gasteiger partial charge in [0, 0.05) is 5.69 Å². The molecule has 0 aliphatic carbocycles. The molecule has 0 aliphatic rings. The number of hydrogen-bond donors (Lipinski definition) is 3. The average Bonchev–Trinajstić information content (AvgIpc) is 2.60. The Morgan fingerprint density at radius 3 is 2.44 bits per heavy atom. The topological polar surface area (TPSA) is 121 Å². The number of nitrogens with zero attached hydrogens (tertiary/aromatic N) is 1. The van der Waals surface area contributed by atoms with Crippen molar-refractivity contribution in [2.24, 2.45) is 0 Å². The van der Waals surface area contributed by atoms with Crippen LogP contribution in [0.15, 0.2) is 29.1 Å². The first-order chi connectivity index (χ1) is 12.0. The summed E-state index contributed by atoms with van der Waals surface area (Å²) in [6, 6.07) is 6.20. The van der Waals surface area contributed by atoms with Gasteiger partial charge in [0.15, 0.2) is 6.61 Å². The molecular formula is C17H19N3O5. The highest BCUT2D eigenvalue weighted by molar-refractivity contribution is 6.05. The van der Waals surface area contributed by atoms with Crippen LogP contribution in [0.25, 0.3) is 0 Å². The van der Waals surface area contributed by atoms with Crippen LogP contribution < -0.4 is 15.6 Å². The van der Waals surface area contributed by atoms with E-state index < -0.39 is 24.0 Å². The summed E-state index contributed by atoms with van der Waals surface area (Å²) in [6.45, 7) is 3.32. The maximum Gasteiger partial charge on any atom is 0.341 e. The summed E-state index contributed by atoms with van der Waals surface area (Å²) in [5.41, 5.74) is 1.30. The van der Waals surface area contributed by atoms with Crippen LogP contribution >= 0.6 is 0 Å². The quantitative estimate of drug-likeness (QED) is 0.701. The lowest BCUT2D eigenvalue weighted by Gasteiger charge is -2.11. The molecule has 0 saturated heterocycles. The van der Waals surface area contributed by atoms with Crippen molar-refractivity contribution in [3.05, 3.63) is 51.4 Å². The van der Waals surface area contributed by atoms with Crippen molar-refractivity contribution in [1.29, 1.82) is 0 Å². The Labute approximate surface area is 143 Å². The van der Waals surface area contributed by atoms with E-state index in [2.05, 4.69) is 15.5 Å². The molecule has 0 spiro atoms. The molecule has 2 rings (SSSR count). The van der Waals surface area contributed by atoms with Crippen LogP contribution in [0.4, 0.5) is 5.69 Å². The van der Waals surface area contributed by atoms with Crippen molar-refractivity contribution in [2.45, 2.75) is 26.7 Å². The number of carbonyl (C=O) groups is 2. The van der Waals surface area contributed by atoms with E-state index in [-0.39, 0.29) is 5.56 Å². The first kappa shape index (κ1) is 18.2. The van der Waals surface area contributed by atoms with Gasteiger partial charge in [-0.05, 0) is 42.7 Å². The van der Waals surface area contributed by atoms with Gasteiger partial charge in [-0.2, -0.15) is 5.10 Å². The third-order valence-corrected chi connectivity index (χ3v) is 3.56. The number of aromatic nitrogens is 2. The van der Waals surface area contributed by atoms with Gasteiger partial charge in [0.05, 0.1) is 5.69 Å². The van der Waals surface area contributed by atoms with E-state index in [0.717, 1.165) is 0 Å². The Bertz CT molecular complexity index is 827. The fourth-order valence-corrected chi connectivity index (χ4v) is 2.41. The lowest BCUT2D eigenvalue weighted by molar-refractivity contribution is -0.139. The Morgan fingerprint density at radius 2 is 1.88 bits per heavy atom. The van der Waals surface area contributed by atoms with Crippen LogP contribution in [0.1, 0.15) is 35.5 Å². The first-order valence-corrected chi connectivity index (χ1v) is 7.82. The summed E-state index contributed by atoms with van der Waals surface area (Å²) in [7, 11) is 0. The van der Waals surface area contributed by atoms with E-state index >= 15 is 0 Å². The number of benzene rings is 1. The summed E-state index contributed by atoms with van der Waals surface area (Å²) < 4.78 is 5.02. The highest BCUT2D eigenvalue weighted by Gasteiger charge is 2.19. The second-order valence-electron chi connectivity index (χ2n) is 5.22. The second kappa shape index (κ2) is 8.09. The van der Waals surface area contributed by atoms with Crippen molar-refractivity contribution in [2.75, 3.05) is 11.9 Å². The number of amides is 1. The monoisotopic (exact) mass is 345 g/mol. The van der Waals surface area contributed by atoms with E-state index in [4.69, 9.17) is 9.84 Å². The molecule has 8 nitrogen and oxygen atoms in total. The number of carboxylic acids is 1. The van der Waals surface area contributed by atoms with Gasteiger partial charge in [-0.25, -0.2) is 9.89 Å². The van der Waals surface area contributed by atoms with Crippen molar-refractivity contribution >= 4 is 17.6 Å². The van der Waals surface area contributed by atoms with Gasteiger partial charge in [-0.3, -0.25) is 9.59 Å². The van der Waals surface area contributed by atoms with Crippen molar-refractivity contribution in [1.82, 2.24) is 10.2 Å². The minimum atomic E-state index is -1.08. The predicted molar refractivity (Wildman–Crippen MR) is 91.1 cm³/mol. The maximum absolute atomic E-state index is 12.5. The highest BCUT2D eigenvalue weighted by atomic mass is 16.5. The molecule has 8 heteroatoms. The molecule has 132 valence electrons. The van der Waals surface area contributed by atoms with Crippen LogP contribution in [0.5, 0.6) is 5.75 Å². The number of aromatic amines is 1. The van der Waals surface area contributed by atoms with Crippen LogP contribution in [0, 0.1) is 0 Å². The van der Waals surface area contributed by atoms with Crippen LogP contribution in [0.3, 0.4) is 0 Å². The lowest BCUT2D eigenvalue weighted by atomic mass is 10.0. The van der Waals surface area contributed by atoms with Crippen LogP contribution in [-0.2, 0) is 17.6 Å². The van der Waals surface area contributed by atoms with Gasteiger partial charge in [-0.15, -0.1) is 0 Å². The molecule has 2 aromatic rings. The smallest absolute Gasteiger partial charge is 0.341 e. The number of aliphatic carboxylic acids is 1. The molecule has 3 N–H and O–H groups in total. The zero-order valence-corrected chi connectivity index (χ0v) is 14.0. The maximum atomic E-state index is 12.5. The van der Waals surface area contributed by atoms with Crippen molar-refractivity contribution in [3.63, 3.8) is 0 Å². The van der Waals surface area contributed by atoms with Gasteiger partial charge in [0.1, 0.15) is 11.3 Å². The zero-order chi connectivity index (χ0) is 18.4. The summed E-state index contributed by atoms with van der Waals surface area (Å²) in [4.78, 5) is 35.0. The molecule has 1 aromatic heterocycles. The molecule has 1 heterocycles. The number of anilines is 1. The molecule has 1 aromatic carbocycles. The molecule has 0 atom stereocenters. The summed E-state index contributed by atoms with van der Waals surface area (Å²) in [5.74, 6) is -1.23. The van der Waals surface area contributed by atoms with E-state index in [1.54, 1.807) is 12.1 Å². The standard InChI is InChI=1S/C17H19N3O5/c1-3-12-13(4-2)19-20-17(24)15(12)16(23)18-10-5-7-11(8-6-10)25-9-14(21)22/h5-8H,3-4,9H2,1-2H3,(H,18,23)(H,20,24)(H,21,22). The molecule has 0 saturated carbocycles. The fraction of sp³-hybridized carbons (Fsp3) is 0.294. The molecule has 0 bridgehead atoms. The van der Waals surface area contributed by atoms with Gasteiger partial charge in [-0.1, -0.05) is 13.8 Å². The largest absolute Gasteiger partial charge is 0.482 e. The third kappa shape index (κ3) is 4.43. The van der Waals surface area contributed by atoms with Crippen LogP contribution in [-0.4, -0.2) is 33.8 Å². The Morgan fingerprint density at radius 1 is 1.20 bits per heavy atom. The molecule has 0 unspecified atom stereocenters.